The second-order valence-corrected chi connectivity index (χ2v) is 9.30. The summed E-state index contributed by atoms with van der Waals surface area (Å²) in [5.41, 5.74) is 1.75. The van der Waals surface area contributed by atoms with Gasteiger partial charge in [0.25, 0.3) is 5.56 Å². The maximum atomic E-state index is 13.0. The molecule has 0 aliphatic carbocycles. The molecule has 2 aromatic carbocycles. The van der Waals surface area contributed by atoms with Gasteiger partial charge < -0.3 is 9.80 Å². The molecule has 1 aliphatic rings. The fourth-order valence-corrected chi connectivity index (χ4v) is 4.84. The van der Waals surface area contributed by atoms with E-state index >= 15 is 0 Å². The first-order valence-corrected chi connectivity index (χ1v) is 12.2. The van der Waals surface area contributed by atoms with Gasteiger partial charge in [-0.25, -0.2) is 9.97 Å². The zero-order chi connectivity index (χ0) is 23.5. The number of piperidine rings is 1. The first-order chi connectivity index (χ1) is 16.6. The van der Waals surface area contributed by atoms with Gasteiger partial charge in [0.15, 0.2) is 0 Å². The van der Waals surface area contributed by atoms with Gasteiger partial charge in [-0.1, -0.05) is 41.4 Å². The zero-order valence-electron chi connectivity index (χ0n) is 18.6. The molecular formula is C26H25Cl2N5O. The number of hydrogen-bond acceptors (Lipinski definition) is 5. The summed E-state index contributed by atoms with van der Waals surface area (Å²) in [6.45, 7) is 3.47. The largest absolute Gasteiger partial charge is 0.325 e. The van der Waals surface area contributed by atoms with E-state index in [0.717, 1.165) is 56.0 Å². The number of rotatable bonds is 6. The quantitative estimate of drug-likeness (QED) is 0.351. The summed E-state index contributed by atoms with van der Waals surface area (Å²) in [5.74, 6) is 0.865. The molecule has 6 nitrogen and oxygen atoms in total. The molecule has 2 aromatic heterocycles. The molecule has 4 aromatic rings. The Morgan fingerprint density at radius 1 is 0.941 bits per heavy atom. The predicted octanol–water partition coefficient (Wildman–Crippen LogP) is 5.57. The van der Waals surface area contributed by atoms with E-state index in [9.17, 15) is 4.79 Å². The van der Waals surface area contributed by atoms with Gasteiger partial charge in [-0.15, -0.1) is 0 Å². The lowest BCUT2D eigenvalue weighted by Crippen LogP contribution is -2.41. The number of hydrogen-bond donors (Lipinski definition) is 0. The molecule has 174 valence electrons. The summed E-state index contributed by atoms with van der Waals surface area (Å²) in [6, 6.07) is 19.2. The van der Waals surface area contributed by atoms with Crippen LogP contribution in [0.25, 0.3) is 10.9 Å². The van der Waals surface area contributed by atoms with Gasteiger partial charge in [0.2, 0.25) is 0 Å². The van der Waals surface area contributed by atoms with E-state index in [0.29, 0.717) is 15.4 Å². The third-order valence-corrected chi connectivity index (χ3v) is 7.16. The van der Waals surface area contributed by atoms with Crippen LogP contribution in [0.2, 0.25) is 10.0 Å². The van der Waals surface area contributed by atoms with Crippen molar-refractivity contribution in [2.45, 2.75) is 18.9 Å². The van der Waals surface area contributed by atoms with Gasteiger partial charge in [-0.05, 0) is 55.3 Å². The molecule has 0 spiro atoms. The Hall–Kier alpha value is -2.93. The predicted molar refractivity (Wildman–Crippen MR) is 138 cm³/mol. The molecule has 0 saturated carbocycles. The number of benzene rings is 2. The lowest BCUT2D eigenvalue weighted by molar-refractivity contribution is 0.188. The number of anilines is 2. The first kappa shape index (κ1) is 22.8. The highest BCUT2D eigenvalue weighted by Gasteiger charge is 2.23. The first-order valence-electron chi connectivity index (χ1n) is 11.4. The van der Waals surface area contributed by atoms with Gasteiger partial charge in [-0.3, -0.25) is 9.36 Å². The molecule has 0 amide bonds. The van der Waals surface area contributed by atoms with E-state index in [2.05, 4.69) is 19.8 Å². The van der Waals surface area contributed by atoms with Crippen molar-refractivity contribution in [1.29, 1.82) is 0 Å². The third kappa shape index (κ3) is 4.80. The van der Waals surface area contributed by atoms with E-state index < -0.39 is 0 Å². The Bertz CT molecular complexity index is 1340. The van der Waals surface area contributed by atoms with Crippen LogP contribution in [0, 0.1) is 0 Å². The number of likely N-dealkylation sites (tertiary alicyclic amines) is 1. The summed E-state index contributed by atoms with van der Waals surface area (Å²) >= 11 is 12.4. The van der Waals surface area contributed by atoms with Crippen molar-refractivity contribution in [3.8, 4) is 0 Å². The topological polar surface area (TPSA) is 54.3 Å². The van der Waals surface area contributed by atoms with Crippen molar-refractivity contribution < 1.29 is 0 Å². The van der Waals surface area contributed by atoms with E-state index in [-0.39, 0.29) is 11.6 Å². The van der Waals surface area contributed by atoms with Crippen LogP contribution in [-0.4, -0.2) is 45.6 Å². The van der Waals surface area contributed by atoms with Crippen LogP contribution in [-0.2, 0) is 0 Å². The van der Waals surface area contributed by atoms with Crippen molar-refractivity contribution in [2.75, 3.05) is 31.1 Å². The van der Waals surface area contributed by atoms with Crippen molar-refractivity contribution >= 4 is 45.6 Å². The maximum absolute atomic E-state index is 13.0. The van der Waals surface area contributed by atoms with Gasteiger partial charge >= 0.3 is 0 Å². The molecule has 1 fully saturated rings. The van der Waals surface area contributed by atoms with Crippen LogP contribution >= 0.6 is 23.2 Å². The molecule has 8 heteroatoms. The normalized spacial score (nSPS) is 15.0. The van der Waals surface area contributed by atoms with Crippen LogP contribution in [0.3, 0.4) is 0 Å². The lowest BCUT2D eigenvalue weighted by atomic mass is 10.0. The Morgan fingerprint density at radius 2 is 1.74 bits per heavy atom. The molecule has 0 bridgehead atoms. The van der Waals surface area contributed by atoms with Crippen LogP contribution in [0.4, 0.5) is 11.5 Å². The average Bonchev–Trinajstić information content (AvgIpc) is 2.88. The van der Waals surface area contributed by atoms with E-state index in [4.69, 9.17) is 23.2 Å². The van der Waals surface area contributed by atoms with Gasteiger partial charge in [-0.2, -0.15) is 0 Å². The van der Waals surface area contributed by atoms with Crippen LogP contribution < -0.4 is 10.5 Å². The monoisotopic (exact) mass is 493 g/mol. The molecule has 1 aliphatic heterocycles. The van der Waals surface area contributed by atoms with Crippen molar-refractivity contribution in [1.82, 2.24) is 19.4 Å². The molecule has 5 rings (SSSR count). The second-order valence-electron chi connectivity index (χ2n) is 8.48. The van der Waals surface area contributed by atoms with Gasteiger partial charge in [0.05, 0.1) is 27.3 Å². The Labute approximate surface area is 208 Å². The number of halogens is 2. The third-order valence-electron chi connectivity index (χ3n) is 6.42. The molecule has 0 unspecified atom stereocenters. The number of pyridine rings is 1. The molecule has 0 radical (unpaired) electrons. The van der Waals surface area contributed by atoms with Crippen molar-refractivity contribution in [3.63, 3.8) is 0 Å². The standard InChI is InChI=1S/C26H25Cl2N5O/c27-22-9-8-20(17-23(22)28)32(25-7-3-4-12-29-25)16-15-31-13-10-19(11-14-31)33-18-30-24-6-2-1-5-21(24)26(33)34/h1-9,12,17-19H,10-11,13-16H2. The molecular weight excluding hydrogens is 469 g/mol. The minimum atomic E-state index is 0.0463. The molecule has 1 saturated heterocycles. The number of fused-ring (bicyclic) bond motifs is 1. The van der Waals surface area contributed by atoms with Crippen molar-refractivity contribution in [3.05, 3.63) is 93.6 Å². The average molecular weight is 494 g/mol. The lowest BCUT2D eigenvalue weighted by Gasteiger charge is -2.34. The summed E-state index contributed by atoms with van der Waals surface area (Å²) in [5, 5.41) is 1.74. The minimum Gasteiger partial charge on any atom is -0.325 e. The highest BCUT2D eigenvalue weighted by Crippen LogP contribution is 2.31. The zero-order valence-corrected chi connectivity index (χ0v) is 20.2. The van der Waals surface area contributed by atoms with Crippen LogP contribution in [0.5, 0.6) is 0 Å². The minimum absolute atomic E-state index is 0.0463. The molecule has 0 atom stereocenters. The van der Waals surface area contributed by atoms with Gasteiger partial charge in [0.1, 0.15) is 5.82 Å². The summed E-state index contributed by atoms with van der Waals surface area (Å²) in [6.07, 6.45) is 5.32. The Balaban J connectivity index is 1.27. The van der Waals surface area contributed by atoms with Crippen molar-refractivity contribution in [2.24, 2.45) is 0 Å². The fraction of sp³-hybridized carbons (Fsp3) is 0.269. The summed E-state index contributed by atoms with van der Waals surface area (Å²) in [4.78, 5) is 26.6. The van der Waals surface area contributed by atoms with Crippen LogP contribution in [0.15, 0.2) is 78.0 Å². The van der Waals surface area contributed by atoms with Crippen LogP contribution in [0.1, 0.15) is 18.9 Å². The van der Waals surface area contributed by atoms with E-state index in [1.54, 1.807) is 12.5 Å². The fourth-order valence-electron chi connectivity index (χ4n) is 4.55. The maximum Gasteiger partial charge on any atom is 0.261 e. The molecule has 0 N–H and O–H groups in total. The Morgan fingerprint density at radius 3 is 2.50 bits per heavy atom. The smallest absolute Gasteiger partial charge is 0.261 e. The van der Waals surface area contributed by atoms with Gasteiger partial charge in [0, 0.05) is 44.1 Å². The molecule has 34 heavy (non-hydrogen) atoms. The number of aromatic nitrogens is 3. The summed E-state index contributed by atoms with van der Waals surface area (Å²) < 4.78 is 1.82. The summed E-state index contributed by atoms with van der Waals surface area (Å²) in [7, 11) is 0. The van der Waals surface area contributed by atoms with E-state index in [1.165, 1.54) is 0 Å². The highest BCUT2D eigenvalue weighted by atomic mass is 35.5. The van der Waals surface area contributed by atoms with E-state index in [1.807, 2.05) is 65.2 Å². The molecule has 3 heterocycles. The number of nitrogens with zero attached hydrogens (tertiary/aromatic N) is 5. The highest BCUT2D eigenvalue weighted by molar-refractivity contribution is 6.42. The SMILES string of the molecule is O=c1c2ccccc2ncn1C1CCN(CCN(c2ccc(Cl)c(Cl)c2)c2ccccn2)CC1. The Kier molecular flexibility index (Phi) is 6.81. The second kappa shape index (κ2) is 10.1. The number of para-hydroxylation sites is 1.